The molecule has 7 heteroatoms. The van der Waals surface area contributed by atoms with E-state index in [1.807, 2.05) is 55.4 Å². The Labute approximate surface area is 161 Å². The van der Waals surface area contributed by atoms with Crippen LogP contribution >= 0.6 is 0 Å². The average Bonchev–Trinajstić information content (AvgIpc) is 2.62. The lowest BCUT2D eigenvalue weighted by Gasteiger charge is -2.23. The van der Waals surface area contributed by atoms with Crippen LogP contribution in [-0.2, 0) is 9.59 Å². The van der Waals surface area contributed by atoms with Gasteiger partial charge in [-0.25, -0.2) is 4.79 Å². The number of rotatable bonds is 9. The van der Waals surface area contributed by atoms with Crippen molar-refractivity contribution in [1.82, 2.24) is 16.0 Å². The summed E-state index contributed by atoms with van der Waals surface area (Å²) in [6, 6.07) is -1.46. The minimum absolute atomic E-state index is 0.101. The number of carbonyl (C=O) groups excluding carboxylic acids is 3. The molecule has 0 aliphatic rings. The van der Waals surface area contributed by atoms with Gasteiger partial charge in [0, 0.05) is 6.54 Å². The van der Waals surface area contributed by atoms with Gasteiger partial charge in [0.2, 0.25) is 5.91 Å². The van der Waals surface area contributed by atoms with E-state index in [-0.39, 0.29) is 23.7 Å². The first-order valence-corrected chi connectivity index (χ1v) is 9.81. The molecular weight excluding hydrogens is 332 g/mol. The highest BCUT2D eigenvalue weighted by Crippen LogP contribution is 2.04. The number of nitrogens with one attached hydrogen (secondary N) is 3. The van der Waals surface area contributed by atoms with Crippen LogP contribution in [0.3, 0.4) is 0 Å². The monoisotopic (exact) mass is 376 g/mol. The SMILES string of the molecule is CC.CC.CC.CNC(C(=O)NC(CCCNC(N)=O)C(C)=O)C(C)C. The summed E-state index contributed by atoms with van der Waals surface area (Å²) in [5.41, 5.74) is 4.95. The van der Waals surface area contributed by atoms with E-state index in [1.165, 1.54) is 6.92 Å². The largest absolute Gasteiger partial charge is 0.352 e. The number of ketones is 1. The maximum atomic E-state index is 12.1. The number of primary amides is 1. The molecule has 0 heterocycles. The molecule has 0 saturated heterocycles. The van der Waals surface area contributed by atoms with Crippen molar-refractivity contribution in [2.45, 2.75) is 87.2 Å². The summed E-state index contributed by atoms with van der Waals surface area (Å²) in [6.07, 6.45) is 1.04. The van der Waals surface area contributed by atoms with Gasteiger partial charge >= 0.3 is 6.03 Å². The van der Waals surface area contributed by atoms with Crippen molar-refractivity contribution in [2.24, 2.45) is 11.7 Å². The lowest BCUT2D eigenvalue weighted by molar-refractivity contribution is -0.129. The van der Waals surface area contributed by atoms with Gasteiger partial charge < -0.3 is 21.7 Å². The Morgan fingerprint density at radius 2 is 1.42 bits per heavy atom. The Balaban J connectivity index is -0.000000362. The van der Waals surface area contributed by atoms with Gasteiger partial charge in [0.05, 0.1) is 12.1 Å². The molecule has 0 bridgehead atoms. The summed E-state index contributed by atoms with van der Waals surface area (Å²) >= 11 is 0. The molecule has 5 N–H and O–H groups in total. The highest BCUT2D eigenvalue weighted by atomic mass is 16.2. The molecule has 0 saturated carbocycles. The quantitative estimate of drug-likeness (QED) is 0.463. The number of nitrogens with two attached hydrogens (primary N) is 1. The molecule has 0 rings (SSSR count). The maximum Gasteiger partial charge on any atom is 0.312 e. The van der Waals surface area contributed by atoms with Crippen LogP contribution in [0.2, 0.25) is 0 Å². The van der Waals surface area contributed by atoms with Gasteiger partial charge in [-0.05, 0) is 32.7 Å². The molecule has 0 aromatic rings. The number of Topliss-reactive ketones (excluding diaryl/α,β-unsaturated/α-hetero) is 1. The smallest absolute Gasteiger partial charge is 0.312 e. The van der Waals surface area contributed by atoms with E-state index >= 15 is 0 Å². The number of carbonyl (C=O) groups is 3. The van der Waals surface area contributed by atoms with Crippen molar-refractivity contribution in [2.75, 3.05) is 13.6 Å². The molecular formula is C19H44N4O3. The van der Waals surface area contributed by atoms with Crippen LogP contribution < -0.4 is 21.7 Å². The van der Waals surface area contributed by atoms with Gasteiger partial charge in [-0.2, -0.15) is 0 Å². The van der Waals surface area contributed by atoms with Gasteiger partial charge in [-0.15, -0.1) is 0 Å². The fourth-order valence-electron chi connectivity index (χ4n) is 1.92. The van der Waals surface area contributed by atoms with Crippen LogP contribution in [0.15, 0.2) is 0 Å². The first-order valence-electron chi connectivity index (χ1n) is 9.81. The van der Waals surface area contributed by atoms with Crippen LogP contribution in [0.4, 0.5) is 4.79 Å². The summed E-state index contributed by atoms with van der Waals surface area (Å²) in [7, 11) is 1.71. The number of hydrogen-bond donors (Lipinski definition) is 4. The molecule has 3 amide bonds. The zero-order chi connectivity index (χ0) is 21.7. The average molecular weight is 377 g/mol. The fourth-order valence-corrected chi connectivity index (χ4v) is 1.92. The summed E-state index contributed by atoms with van der Waals surface area (Å²) in [6.45, 7) is 17.7. The van der Waals surface area contributed by atoms with E-state index in [4.69, 9.17) is 5.73 Å². The zero-order valence-electron chi connectivity index (χ0n) is 18.7. The number of urea groups is 1. The topological polar surface area (TPSA) is 113 Å². The van der Waals surface area contributed by atoms with E-state index < -0.39 is 12.1 Å². The second-order valence-corrected chi connectivity index (χ2v) is 5.12. The summed E-state index contributed by atoms with van der Waals surface area (Å²) < 4.78 is 0. The van der Waals surface area contributed by atoms with Gasteiger partial charge in [-0.1, -0.05) is 55.4 Å². The fraction of sp³-hybridized carbons (Fsp3) is 0.842. The van der Waals surface area contributed by atoms with Gasteiger partial charge in [0.15, 0.2) is 5.78 Å². The van der Waals surface area contributed by atoms with Crippen molar-refractivity contribution in [3.63, 3.8) is 0 Å². The molecule has 26 heavy (non-hydrogen) atoms. The molecule has 0 radical (unpaired) electrons. The second kappa shape index (κ2) is 23.4. The molecule has 0 aliphatic carbocycles. The Kier molecular flexibility index (Phi) is 28.8. The predicted molar refractivity (Wildman–Crippen MR) is 111 cm³/mol. The Morgan fingerprint density at radius 1 is 0.962 bits per heavy atom. The van der Waals surface area contributed by atoms with E-state index in [2.05, 4.69) is 16.0 Å². The lowest BCUT2D eigenvalue weighted by Crippen LogP contribution is -2.51. The molecule has 2 atom stereocenters. The third-order valence-corrected chi connectivity index (χ3v) is 3.04. The summed E-state index contributed by atoms with van der Waals surface area (Å²) in [5, 5.41) is 8.12. The second-order valence-electron chi connectivity index (χ2n) is 5.12. The van der Waals surface area contributed by atoms with Gasteiger partial charge in [-0.3, -0.25) is 9.59 Å². The van der Waals surface area contributed by atoms with Gasteiger partial charge in [0.25, 0.3) is 0 Å². The Bertz CT molecular complexity index is 348. The highest BCUT2D eigenvalue weighted by molar-refractivity contribution is 5.89. The third kappa shape index (κ3) is 18.7. The maximum absolute atomic E-state index is 12.1. The Hall–Kier alpha value is -1.63. The molecule has 0 aromatic heterocycles. The van der Waals surface area contributed by atoms with Crippen LogP contribution in [0.5, 0.6) is 0 Å². The van der Waals surface area contributed by atoms with Crippen molar-refractivity contribution in [3.8, 4) is 0 Å². The summed E-state index contributed by atoms with van der Waals surface area (Å²) in [4.78, 5) is 34.1. The zero-order valence-corrected chi connectivity index (χ0v) is 18.7. The molecule has 0 aliphatic heterocycles. The minimum Gasteiger partial charge on any atom is -0.352 e. The van der Waals surface area contributed by atoms with Crippen LogP contribution in [0, 0.1) is 5.92 Å². The van der Waals surface area contributed by atoms with Crippen molar-refractivity contribution in [1.29, 1.82) is 0 Å². The van der Waals surface area contributed by atoms with E-state index in [0.29, 0.717) is 19.4 Å². The van der Waals surface area contributed by atoms with Crippen LogP contribution in [0.25, 0.3) is 0 Å². The van der Waals surface area contributed by atoms with Crippen LogP contribution in [-0.4, -0.2) is 43.4 Å². The highest BCUT2D eigenvalue weighted by Gasteiger charge is 2.24. The van der Waals surface area contributed by atoms with E-state index in [0.717, 1.165) is 0 Å². The molecule has 0 spiro atoms. The predicted octanol–water partition coefficient (Wildman–Crippen LogP) is 2.83. The standard InChI is InChI=1S/C13H26N4O3.3C2H6/c1-8(2)11(15-4)12(19)17-10(9(3)18)6-5-7-16-13(14)20;3*1-2/h8,10-11,15H,5-7H2,1-4H3,(H,17,19)(H3,14,16,20);3*1-2H3. The van der Waals surface area contributed by atoms with E-state index in [1.54, 1.807) is 7.05 Å². The van der Waals surface area contributed by atoms with Crippen molar-refractivity contribution in [3.05, 3.63) is 0 Å². The number of hydrogen-bond acceptors (Lipinski definition) is 4. The first kappa shape index (κ1) is 32.1. The first-order chi connectivity index (χ1) is 12.3. The molecule has 158 valence electrons. The van der Waals surface area contributed by atoms with Crippen molar-refractivity contribution >= 4 is 17.7 Å². The van der Waals surface area contributed by atoms with E-state index in [9.17, 15) is 14.4 Å². The van der Waals surface area contributed by atoms with Crippen LogP contribution in [0.1, 0.15) is 75.2 Å². The number of amides is 3. The van der Waals surface area contributed by atoms with Crippen molar-refractivity contribution < 1.29 is 14.4 Å². The normalized spacial score (nSPS) is 11.2. The third-order valence-electron chi connectivity index (χ3n) is 3.04. The molecule has 2 unspecified atom stereocenters. The lowest BCUT2D eigenvalue weighted by atomic mass is 10.0. The molecule has 7 nitrogen and oxygen atoms in total. The summed E-state index contributed by atoms with van der Waals surface area (Å²) in [5.74, 6) is -0.161. The minimum atomic E-state index is -0.594. The number of likely N-dealkylation sites (N-methyl/N-ethyl adjacent to an activating group) is 1. The Morgan fingerprint density at radius 3 is 1.73 bits per heavy atom. The molecule has 0 aromatic carbocycles. The molecule has 0 fully saturated rings. The van der Waals surface area contributed by atoms with Gasteiger partial charge in [0.1, 0.15) is 0 Å².